The van der Waals surface area contributed by atoms with Gasteiger partial charge in [0.15, 0.2) is 0 Å². The van der Waals surface area contributed by atoms with E-state index < -0.39 is 5.97 Å². The average molecular weight is 226 g/mol. The van der Waals surface area contributed by atoms with Crippen LogP contribution in [0.1, 0.15) is 23.5 Å². The smallest absolute Gasteiger partial charge is 0.309 e. The van der Waals surface area contributed by atoms with Gasteiger partial charge in [-0.3, -0.25) is 4.79 Å². The van der Waals surface area contributed by atoms with Crippen molar-refractivity contribution in [2.24, 2.45) is 0 Å². The molecule has 0 unspecified atom stereocenters. The molecule has 1 aliphatic rings. The van der Waals surface area contributed by atoms with Gasteiger partial charge in [0, 0.05) is 24.4 Å². The van der Waals surface area contributed by atoms with Crippen LogP contribution in [0.4, 0.5) is 0 Å². The molecule has 1 aliphatic carbocycles. The van der Waals surface area contributed by atoms with Crippen molar-refractivity contribution in [1.29, 1.82) is 0 Å². The van der Waals surface area contributed by atoms with Gasteiger partial charge in [0.25, 0.3) is 0 Å². The second-order valence-corrected chi connectivity index (χ2v) is 4.72. The summed E-state index contributed by atoms with van der Waals surface area (Å²) in [6.07, 6.45) is 3.53. The van der Waals surface area contributed by atoms with Crippen molar-refractivity contribution in [3.8, 4) is 0 Å². The normalized spacial score (nSPS) is 15.5. The summed E-state index contributed by atoms with van der Waals surface area (Å²) >= 11 is 1.55. The van der Waals surface area contributed by atoms with Crippen LogP contribution in [0.5, 0.6) is 0 Å². The van der Waals surface area contributed by atoms with E-state index in [1.54, 1.807) is 11.3 Å². The van der Waals surface area contributed by atoms with Crippen LogP contribution in [0.2, 0.25) is 0 Å². The molecule has 0 saturated heterocycles. The molecule has 0 radical (unpaired) electrons. The molecule has 1 saturated carbocycles. The van der Waals surface area contributed by atoms with Crippen LogP contribution in [-0.2, 0) is 17.6 Å². The largest absolute Gasteiger partial charge is 0.481 e. The first-order valence-corrected chi connectivity index (χ1v) is 6.00. The van der Waals surface area contributed by atoms with Crippen LogP contribution in [0, 0.1) is 0 Å². The van der Waals surface area contributed by atoms with Crippen LogP contribution in [-0.4, -0.2) is 28.6 Å². The molecular formula is C10H14N2O2S. The molecule has 0 bridgehead atoms. The van der Waals surface area contributed by atoms with Gasteiger partial charge in [0.2, 0.25) is 0 Å². The van der Waals surface area contributed by atoms with E-state index in [2.05, 4.69) is 10.3 Å². The molecule has 1 aromatic heterocycles. The summed E-state index contributed by atoms with van der Waals surface area (Å²) in [5.41, 5.74) is 0.675. The molecule has 0 spiro atoms. The summed E-state index contributed by atoms with van der Waals surface area (Å²) in [4.78, 5) is 14.7. The van der Waals surface area contributed by atoms with E-state index in [9.17, 15) is 4.79 Å². The number of carboxylic acids is 1. The van der Waals surface area contributed by atoms with Gasteiger partial charge in [-0.1, -0.05) is 0 Å². The predicted octanol–water partition coefficient (Wildman–Crippen LogP) is 1.06. The van der Waals surface area contributed by atoms with Crippen molar-refractivity contribution in [3.63, 3.8) is 0 Å². The highest BCUT2D eigenvalue weighted by Crippen LogP contribution is 2.18. The summed E-state index contributed by atoms with van der Waals surface area (Å²) in [6, 6.07) is 0.725. The number of aromatic nitrogens is 1. The zero-order valence-electron chi connectivity index (χ0n) is 8.40. The minimum Gasteiger partial charge on any atom is -0.481 e. The summed E-state index contributed by atoms with van der Waals surface area (Å²) in [5, 5.41) is 14.9. The Labute approximate surface area is 92.3 Å². The second-order valence-electron chi connectivity index (χ2n) is 3.78. The van der Waals surface area contributed by atoms with E-state index in [1.165, 1.54) is 12.8 Å². The molecule has 4 nitrogen and oxygen atoms in total. The van der Waals surface area contributed by atoms with Gasteiger partial charge < -0.3 is 10.4 Å². The third-order valence-electron chi connectivity index (χ3n) is 2.28. The Morgan fingerprint density at radius 1 is 1.67 bits per heavy atom. The lowest BCUT2D eigenvalue weighted by Crippen LogP contribution is -2.19. The van der Waals surface area contributed by atoms with Crippen LogP contribution < -0.4 is 5.32 Å². The SMILES string of the molecule is O=C(O)Cc1csc(CCNC2CC2)n1. The van der Waals surface area contributed by atoms with Crippen molar-refractivity contribution >= 4 is 17.3 Å². The van der Waals surface area contributed by atoms with Crippen LogP contribution in [0.3, 0.4) is 0 Å². The molecule has 2 rings (SSSR count). The van der Waals surface area contributed by atoms with Crippen LogP contribution in [0.25, 0.3) is 0 Å². The standard InChI is InChI=1S/C10H14N2O2S/c13-10(14)5-8-6-15-9(12-8)3-4-11-7-1-2-7/h6-7,11H,1-5H2,(H,13,14). The number of nitrogens with zero attached hydrogens (tertiary/aromatic N) is 1. The Bertz CT molecular complexity index is 347. The van der Waals surface area contributed by atoms with Gasteiger partial charge >= 0.3 is 5.97 Å². The maximum Gasteiger partial charge on any atom is 0.309 e. The lowest BCUT2D eigenvalue weighted by Gasteiger charge is -1.98. The van der Waals surface area contributed by atoms with Gasteiger partial charge in [-0.2, -0.15) is 0 Å². The lowest BCUT2D eigenvalue weighted by molar-refractivity contribution is -0.136. The maximum absolute atomic E-state index is 10.4. The van der Waals surface area contributed by atoms with Crippen molar-refractivity contribution < 1.29 is 9.90 Å². The number of carboxylic acid groups (broad SMARTS) is 1. The van der Waals surface area contributed by atoms with E-state index in [1.807, 2.05) is 5.38 Å². The number of hydrogen-bond donors (Lipinski definition) is 2. The van der Waals surface area contributed by atoms with E-state index in [0.29, 0.717) is 5.69 Å². The molecule has 0 aliphatic heterocycles. The summed E-state index contributed by atoms with van der Waals surface area (Å²) in [5.74, 6) is -0.817. The first-order valence-electron chi connectivity index (χ1n) is 5.12. The van der Waals surface area contributed by atoms with Gasteiger partial charge in [-0.05, 0) is 12.8 Å². The zero-order chi connectivity index (χ0) is 10.7. The predicted molar refractivity (Wildman–Crippen MR) is 58.2 cm³/mol. The van der Waals surface area contributed by atoms with Gasteiger partial charge in [-0.15, -0.1) is 11.3 Å². The molecule has 1 aromatic rings. The van der Waals surface area contributed by atoms with Gasteiger partial charge in [0.05, 0.1) is 17.1 Å². The molecule has 5 heteroatoms. The second kappa shape index (κ2) is 4.72. The zero-order valence-corrected chi connectivity index (χ0v) is 9.22. The first kappa shape index (κ1) is 10.6. The number of aliphatic carboxylic acids is 1. The van der Waals surface area contributed by atoms with Gasteiger partial charge in [-0.25, -0.2) is 4.98 Å². The maximum atomic E-state index is 10.4. The minimum absolute atomic E-state index is 0.0343. The molecule has 0 atom stereocenters. The monoisotopic (exact) mass is 226 g/mol. The van der Waals surface area contributed by atoms with Crippen molar-refractivity contribution in [2.75, 3.05) is 6.54 Å². The number of thiazole rings is 1. The number of hydrogen-bond acceptors (Lipinski definition) is 4. The molecule has 1 heterocycles. The topological polar surface area (TPSA) is 62.2 Å². The average Bonchev–Trinajstić information content (AvgIpc) is 2.88. The lowest BCUT2D eigenvalue weighted by atomic mass is 10.3. The van der Waals surface area contributed by atoms with Crippen LogP contribution in [0.15, 0.2) is 5.38 Å². The first-order chi connectivity index (χ1) is 7.24. The molecule has 0 amide bonds. The molecule has 2 N–H and O–H groups in total. The Balaban J connectivity index is 1.75. The van der Waals surface area contributed by atoms with E-state index in [-0.39, 0.29) is 6.42 Å². The number of rotatable bonds is 6. The number of carbonyl (C=O) groups is 1. The minimum atomic E-state index is -0.817. The highest BCUT2D eigenvalue weighted by atomic mass is 32.1. The third-order valence-corrected chi connectivity index (χ3v) is 3.24. The highest BCUT2D eigenvalue weighted by molar-refractivity contribution is 7.09. The van der Waals surface area contributed by atoms with Gasteiger partial charge in [0.1, 0.15) is 0 Å². The fraction of sp³-hybridized carbons (Fsp3) is 0.600. The molecule has 1 fully saturated rings. The molecule has 82 valence electrons. The van der Waals surface area contributed by atoms with E-state index in [0.717, 1.165) is 24.0 Å². The van der Waals surface area contributed by atoms with E-state index >= 15 is 0 Å². The number of nitrogens with one attached hydrogen (secondary N) is 1. The molecular weight excluding hydrogens is 212 g/mol. The Hall–Kier alpha value is -0.940. The fourth-order valence-corrected chi connectivity index (χ4v) is 2.17. The Kier molecular flexibility index (Phi) is 3.33. The highest BCUT2D eigenvalue weighted by Gasteiger charge is 2.19. The Morgan fingerprint density at radius 3 is 3.13 bits per heavy atom. The van der Waals surface area contributed by atoms with Crippen molar-refractivity contribution in [3.05, 3.63) is 16.1 Å². The summed E-state index contributed by atoms with van der Waals surface area (Å²) < 4.78 is 0. The summed E-state index contributed by atoms with van der Waals surface area (Å²) in [7, 11) is 0. The van der Waals surface area contributed by atoms with Crippen molar-refractivity contribution in [2.45, 2.75) is 31.7 Å². The summed E-state index contributed by atoms with van der Waals surface area (Å²) in [6.45, 7) is 0.949. The van der Waals surface area contributed by atoms with Crippen LogP contribution >= 0.6 is 11.3 Å². The Morgan fingerprint density at radius 2 is 2.47 bits per heavy atom. The van der Waals surface area contributed by atoms with E-state index in [4.69, 9.17) is 5.11 Å². The third kappa shape index (κ3) is 3.60. The quantitative estimate of drug-likeness (QED) is 0.761. The molecule has 0 aromatic carbocycles. The van der Waals surface area contributed by atoms with Crippen molar-refractivity contribution in [1.82, 2.24) is 10.3 Å². The fourth-order valence-electron chi connectivity index (χ4n) is 1.37. The molecule has 15 heavy (non-hydrogen) atoms.